The van der Waals surface area contributed by atoms with Crippen LogP contribution >= 0.6 is 24.0 Å². The molecule has 2 aromatic carbocycles. The van der Waals surface area contributed by atoms with Crippen molar-refractivity contribution < 1.29 is 9.53 Å². The molecule has 2 aromatic rings. The van der Waals surface area contributed by atoms with Gasteiger partial charge in [-0.25, -0.2) is 0 Å². The molecule has 2 N–H and O–H groups in total. The first kappa shape index (κ1) is 21.3. The third-order valence-corrected chi connectivity index (χ3v) is 4.50. The summed E-state index contributed by atoms with van der Waals surface area (Å²) in [4.78, 5) is 12.2. The highest BCUT2D eigenvalue weighted by atomic mass is 35.5. The topological polar surface area (TPSA) is 50.4 Å². The predicted octanol–water partition coefficient (Wildman–Crippen LogP) is 3.92. The van der Waals surface area contributed by atoms with Crippen molar-refractivity contribution in [3.63, 3.8) is 0 Å². The zero-order valence-corrected chi connectivity index (χ0v) is 16.6. The molecule has 3 rings (SSSR count). The smallest absolute Gasteiger partial charge is 0.224 e. The van der Waals surface area contributed by atoms with E-state index in [-0.39, 0.29) is 18.3 Å². The number of nitrogens with one attached hydrogen (secondary N) is 2. The lowest BCUT2D eigenvalue weighted by atomic mass is 10.1. The molecule has 0 aliphatic carbocycles. The molecule has 0 bridgehead atoms. The van der Waals surface area contributed by atoms with Crippen LogP contribution in [-0.2, 0) is 17.8 Å². The van der Waals surface area contributed by atoms with E-state index in [0.29, 0.717) is 24.6 Å². The van der Waals surface area contributed by atoms with Crippen LogP contribution in [0.1, 0.15) is 17.5 Å². The van der Waals surface area contributed by atoms with Gasteiger partial charge in [0.1, 0.15) is 12.4 Å². The minimum Gasteiger partial charge on any atom is -0.489 e. The molecular weight excluding hydrogens is 383 g/mol. The number of carbonyl (C=O) groups excluding carboxylic acids is 1. The van der Waals surface area contributed by atoms with Crippen molar-refractivity contribution in [1.29, 1.82) is 0 Å². The summed E-state index contributed by atoms with van der Waals surface area (Å²) >= 11 is 5.89. The predicted molar refractivity (Wildman–Crippen MR) is 112 cm³/mol. The van der Waals surface area contributed by atoms with Crippen LogP contribution in [0.4, 0.5) is 0 Å². The van der Waals surface area contributed by atoms with Gasteiger partial charge >= 0.3 is 0 Å². The Morgan fingerprint density at radius 3 is 2.70 bits per heavy atom. The first-order valence-corrected chi connectivity index (χ1v) is 9.18. The second-order valence-corrected chi connectivity index (χ2v) is 6.77. The second-order valence-electron chi connectivity index (χ2n) is 6.33. The van der Waals surface area contributed by atoms with E-state index in [1.54, 1.807) is 0 Å². The van der Waals surface area contributed by atoms with Gasteiger partial charge in [0.15, 0.2) is 0 Å². The molecular formula is C21H24Cl2N2O2. The normalized spacial score (nSPS) is 13.3. The van der Waals surface area contributed by atoms with Crippen molar-refractivity contribution in [3.8, 4) is 5.75 Å². The van der Waals surface area contributed by atoms with Gasteiger partial charge < -0.3 is 15.4 Å². The average Bonchev–Trinajstić information content (AvgIpc) is 2.67. The molecule has 0 saturated heterocycles. The second kappa shape index (κ2) is 11.0. The van der Waals surface area contributed by atoms with Gasteiger partial charge in [0.05, 0.1) is 6.42 Å². The summed E-state index contributed by atoms with van der Waals surface area (Å²) in [5.74, 6) is 0.783. The summed E-state index contributed by atoms with van der Waals surface area (Å²) in [5, 5.41) is 6.97. The van der Waals surface area contributed by atoms with E-state index < -0.39 is 0 Å². The molecule has 0 fully saturated rings. The molecule has 6 heteroatoms. The molecule has 0 aromatic heterocycles. The summed E-state index contributed by atoms with van der Waals surface area (Å²) in [6.07, 6.45) is 3.49. The van der Waals surface area contributed by atoms with E-state index >= 15 is 0 Å². The van der Waals surface area contributed by atoms with Gasteiger partial charge in [-0.2, -0.15) is 0 Å². The van der Waals surface area contributed by atoms with Crippen molar-refractivity contribution in [1.82, 2.24) is 10.6 Å². The number of hydrogen-bond donors (Lipinski definition) is 2. The maximum absolute atomic E-state index is 12.2. The molecule has 0 radical (unpaired) electrons. The first-order valence-electron chi connectivity index (χ1n) is 8.80. The third kappa shape index (κ3) is 7.25. The zero-order chi connectivity index (χ0) is 18.2. The Morgan fingerprint density at radius 2 is 1.96 bits per heavy atom. The number of hydrogen-bond acceptors (Lipinski definition) is 3. The van der Waals surface area contributed by atoms with E-state index in [1.165, 1.54) is 5.57 Å². The highest BCUT2D eigenvalue weighted by Crippen LogP contribution is 2.17. The van der Waals surface area contributed by atoms with Gasteiger partial charge in [0.25, 0.3) is 0 Å². The van der Waals surface area contributed by atoms with Crippen LogP contribution in [0.25, 0.3) is 0 Å². The average molecular weight is 407 g/mol. The van der Waals surface area contributed by atoms with Crippen molar-refractivity contribution in [2.45, 2.75) is 19.4 Å². The molecule has 0 atom stereocenters. The van der Waals surface area contributed by atoms with E-state index in [1.807, 2.05) is 48.5 Å². The van der Waals surface area contributed by atoms with Gasteiger partial charge in [0.2, 0.25) is 5.91 Å². The van der Waals surface area contributed by atoms with Crippen LogP contribution in [0, 0.1) is 0 Å². The van der Waals surface area contributed by atoms with Gasteiger partial charge in [-0.05, 0) is 48.4 Å². The number of rotatable bonds is 7. The molecule has 1 aliphatic heterocycles. The minimum atomic E-state index is 0. The highest BCUT2D eigenvalue weighted by molar-refractivity contribution is 6.30. The Bertz CT molecular complexity index is 776. The van der Waals surface area contributed by atoms with Gasteiger partial charge in [-0.3, -0.25) is 4.79 Å². The summed E-state index contributed by atoms with van der Waals surface area (Å²) < 4.78 is 5.82. The van der Waals surface area contributed by atoms with Gasteiger partial charge in [-0.15, -0.1) is 12.4 Å². The van der Waals surface area contributed by atoms with Crippen LogP contribution in [-0.4, -0.2) is 25.5 Å². The molecule has 144 valence electrons. The maximum Gasteiger partial charge on any atom is 0.224 e. The largest absolute Gasteiger partial charge is 0.489 e. The Labute approximate surface area is 171 Å². The maximum atomic E-state index is 12.2. The molecule has 27 heavy (non-hydrogen) atoms. The van der Waals surface area contributed by atoms with Crippen molar-refractivity contribution in [3.05, 3.63) is 76.3 Å². The Morgan fingerprint density at radius 1 is 1.15 bits per heavy atom. The van der Waals surface area contributed by atoms with Crippen molar-refractivity contribution >= 4 is 29.9 Å². The van der Waals surface area contributed by atoms with Crippen LogP contribution in [0.3, 0.4) is 0 Å². The van der Waals surface area contributed by atoms with Crippen molar-refractivity contribution in [2.75, 3.05) is 19.6 Å². The van der Waals surface area contributed by atoms with E-state index in [9.17, 15) is 4.79 Å². The lowest BCUT2D eigenvalue weighted by Crippen LogP contribution is -2.30. The Kier molecular flexibility index (Phi) is 8.65. The fourth-order valence-corrected chi connectivity index (χ4v) is 2.91. The molecule has 0 spiro atoms. The summed E-state index contributed by atoms with van der Waals surface area (Å²) in [5.41, 5.74) is 3.28. The monoisotopic (exact) mass is 406 g/mol. The standard InChI is InChI=1S/C21H23ClN2O2.ClH/c22-19-6-4-17(5-7-19)15-26-20-3-1-2-18(12-20)13-21(25)24-14-16-8-10-23-11-9-16;/h1-8,12,23H,9-11,13-15H2,(H,24,25);1H. The highest BCUT2D eigenvalue weighted by Gasteiger charge is 2.07. The van der Waals surface area contributed by atoms with Crippen LogP contribution in [0.2, 0.25) is 5.02 Å². The quantitative estimate of drug-likeness (QED) is 0.685. The van der Waals surface area contributed by atoms with E-state index in [0.717, 1.165) is 36.4 Å². The third-order valence-electron chi connectivity index (χ3n) is 4.25. The van der Waals surface area contributed by atoms with Crippen LogP contribution in [0.5, 0.6) is 5.75 Å². The molecule has 1 amide bonds. The van der Waals surface area contributed by atoms with Gasteiger partial charge in [-0.1, -0.05) is 47.5 Å². The fraction of sp³-hybridized carbons (Fsp3) is 0.286. The number of amides is 1. The molecule has 0 saturated carbocycles. The SMILES string of the molecule is Cl.O=C(Cc1cccc(OCc2ccc(Cl)cc2)c1)NCC1=CCNCC1. The fourth-order valence-electron chi connectivity index (χ4n) is 2.78. The first-order chi connectivity index (χ1) is 12.7. The lowest BCUT2D eigenvalue weighted by Gasteiger charge is -2.14. The molecule has 4 nitrogen and oxygen atoms in total. The van der Waals surface area contributed by atoms with E-state index in [2.05, 4.69) is 16.7 Å². The van der Waals surface area contributed by atoms with Crippen LogP contribution in [0.15, 0.2) is 60.2 Å². The summed E-state index contributed by atoms with van der Waals surface area (Å²) in [6.45, 7) is 2.97. The minimum absolute atomic E-state index is 0. The number of ether oxygens (including phenoxy) is 1. The van der Waals surface area contributed by atoms with E-state index in [4.69, 9.17) is 16.3 Å². The number of carbonyl (C=O) groups is 1. The summed E-state index contributed by atoms with van der Waals surface area (Å²) in [6, 6.07) is 15.2. The molecule has 1 heterocycles. The Hall–Kier alpha value is -2.01. The molecule has 1 aliphatic rings. The Balaban J connectivity index is 0.00000261. The molecule has 0 unspecified atom stereocenters. The summed E-state index contributed by atoms with van der Waals surface area (Å²) in [7, 11) is 0. The lowest BCUT2D eigenvalue weighted by molar-refractivity contribution is -0.120. The van der Waals surface area contributed by atoms with Gasteiger partial charge in [0, 0.05) is 18.1 Å². The number of benzene rings is 2. The zero-order valence-electron chi connectivity index (χ0n) is 15.0. The number of halogens is 2. The van der Waals surface area contributed by atoms with Crippen LogP contribution < -0.4 is 15.4 Å². The van der Waals surface area contributed by atoms with Crippen molar-refractivity contribution in [2.24, 2.45) is 0 Å².